The maximum Gasteiger partial charge on any atom is 0.225 e. The van der Waals surface area contributed by atoms with Crippen LogP contribution in [0.3, 0.4) is 0 Å². The number of rotatable bonds is 3. The number of amides is 1. The Labute approximate surface area is 124 Å². The summed E-state index contributed by atoms with van der Waals surface area (Å²) in [6, 6.07) is 0. The van der Waals surface area contributed by atoms with Crippen molar-refractivity contribution < 1.29 is 4.79 Å². The van der Waals surface area contributed by atoms with Crippen molar-refractivity contribution in [2.45, 2.75) is 56.8 Å². The zero-order chi connectivity index (χ0) is 14.0. The van der Waals surface area contributed by atoms with Crippen LogP contribution in [-0.4, -0.2) is 39.1 Å². The van der Waals surface area contributed by atoms with E-state index in [0.29, 0.717) is 29.1 Å². The second kappa shape index (κ2) is 4.08. The molecule has 1 aromatic rings. The van der Waals surface area contributed by atoms with Gasteiger partial charge in [0.1, 0.15) is 5.82 Å². The van der Waals surface area contributed by atoms with Gasteiger partial charge in [0.2, 0.25) is 5.91 Å². The zero-order valence-corrected chi connectivity index (χ0v) is 12.3. The molecular formula is C16H22N4O. The molecule has 5 heteroatoms. The summed E-state index contributed by atoms with van der Waals surface area (Å²) in [5.74, 6) is 3.75. The number of likely N-dealkylation sites (tertiary alicyclic amines) is 1. The molecule has 2 heterocycles. The Morgan fingerprint density at radius 3 is 2.67 bits per heavy atom. The van der Waals surface area contributed by atoms with E-state index in [1.807, 2.05) is 0 Å². The van der Waals surface area contributed by atoms with Gasteiger partial charge in [-0.2, -0.15) is 5.10 Å². The van der Waals surface area contributed by atoms with Crippen LogP contribution in [-0.2, 0) is 4.79 Å². The van der Waals surface area contributed by atoms with Crippen molar-refractivity contribution in [1.82, 2.24) is 20.1 Å². The zero-order valence-electron chi connectivity index (χ0n) is 12.3. The maximum absolute atomic E-state index is 12.4. The number of hydrogen-bond acceptors (Lipinski definition) is 3. The average Bonchev–Trinajstić information content (AvgIpc) is 3.37. The van der Waals surface area contributed by atoms with Crippen LogP contribution in [0.5, 0.6) is 0 Å². The van der Waals surface area contributed by atoms with E-state index in [1.54, 1.807) is 0 Å². The minimum Gasteiger partial charge on any atom is -0.341 e. The molecule has 1 aliphatic heterocycles. The Kier molecular flexibility index (Phi) is 2.37. The second-order valence-electron chi connectivity index (χ2n) is 7.61. The van der Waals surface area contributed by atoms with Gasteiger partial charge in [-0.15, -0.1) is 0 Å². The molecule has 1 N–H and O–H groups in total. The van der Waals surface area contributed by atoms with E-state index in [0.717, 1.165) is 37.6 Å². The summed E-state index contributed by atoms with van der Waals surface area (Å²) in [5.41, 5.74) is 0.297. The van der Waals surface area contributed by atoms with Crippen molar-refractivity contribution in [3.05, 3.63) is 11.6 Å². The maximum atomic E-state index is 12.4. The van der Waals surface area contributed by atoms with Crippen molar-refractivity contribution in [1.29, 1.82) is 0 Å². The lowest BCUT2D eigenvalue weighted by Crippen LogP contribution is -2.38. The molecule has 1 spiro atoms. The van der Waals surface area contributed by atoms with Crippen LogP contribution in [0.4, 0.5) is 0 Å². The molecule has 5 nitrogen and oxygen atoms in total. The molecule has 4 aliphatic rings. The van der Waals surface area contributed by atoms with Gasteiger partial charge < -0.3 is 4.90 Å². The van der Waals surface area contributed by atoms with Gasteiger partial charge >= 0.3 is 0 Å². The lowest BCUT2D eigenvalue weighted by atomic mass is 9.62. The summed E-state index contributed by atoms with van der Waals surface area (Å²) in [6.45, 7) is 1.81. The highest BCUT2D eigenvalue weighted by atomic mass is 16.2. The van der Waals surface area contributed by atoms with E-state index in [9.17, 15) is 4.79 Å². The Bertz CT molecular complexity index is 583. The van der Waals surface area contributed by atoms with Crippen LogP contribution in [0.2, 0.25) is 0 Å². The Morgan fingerprint density at radius 1 is 1.24 bits per heavy atom. The van der Waals surface area contributed by atoms with Crippen molar-refractivity contribution in [3.63, 3.8) is 0 Å². The highest BCUT2D eigenvalue weighted by Crippen LogP contribution is 2.56. The molecule has 3 saturated carbocycles. The standard InChI is InChI=1S/C16H22N4O/c21-15(11-4-5-11)20-8-12(16(9-20)6-1-7-16)14-17-13(18-19-14)10-2-3-10/h10-12H,1-9H2,(H,17,18,19). The second-order valence-corrected chi connectivity index (χ2v) is 7.61. The van der Waals surface area contributed by atoms with Gasteiger partial charge in [0.15, 0.2) is 5.82 Å². The fraction of sp³-hybridized carbons (Fsp3) is 0.812. The normalized spacial score (nSPS) is 30.7. The van der Waals surface area contributed by atoms with Gasteiger partial charge in [0, 0.05) is 30.8 Å². The highest BCUT2D eigenvalue weighted by molar-refractivity contribution is 5.81. The van der Waals surface area contributed by atoms with E-state index in [2.05, 4.69) is 15.1 Å². The molecule has 1 amide bonds. The third-order valence-electron chi connectivity index (χ3n) is 6.03. The first kappa shape index (κ1) is 12.2. The predicted octanol–water partition coefficient (Wildman–Crippen LogP) is 2.19. The van der Waals surface area contributed by atoms with Gasteiger partial charge in [0.25, 0.3) is 0 Å². The summed E-state index contributed by atoms with van der Waals surface area (Å²) < 4.78 is 0. The number of aromatic amines is 1. The first-order valence-electron chi connectivity index (χ1n) is 8.46. The van der Waals surface area contributed by atoms with Crippen LogP contribution in [0.15, 0.2) is 0 Å². The first-order valence-corrected chi connectivity index (χ1v) is 8.46. The SMILES string of the molecule is O=C(C1CC1)N1CC(c2nc(C3CC3)n[nH]2)C2(CCC2)C1. The lowest BCUT2D eigenvalue weighted by molar-refractivity contribution is -0.132. The smallest absolute Gasteiger partial charge is 0.225 e. The fourth-order valence-electron chi connectivity index (χ4n) is 4.21. The molecular weight excluding hydrogens is 264 g/mol. The predicted molar refractivity (Wildman–Crippen MR) is 76.7 cm³/mol. The Hall–Kier alpha value is -1.39. The quantitative estimate of drug-likeness (QED) is 0.926. The largest absolute Gasteiger partial charge is 0.341 e. The number of hydrogen-bond donors (Lipinski definition) is 1. The Morgan fingerprint density at radius 2 is 2.05 bits per heavy atom. The lowest BCUT2D eigenvalue weighted by Gasteiger charge is -2.41. The summed E-state index contributed by atoms with van der Waals surface area (Å²) >= 11 is 0. The number of nitrogens with one attached hydrogen (secondary N) is 1. The van der Waals surface area contributed by atoms with E-state index in [4.69, 9.17) is 4.98 Å². The van der Waals surface area contributed by atoms with E-state index >= 15 is 0 Å². The van der Waals surface area contributed by atoms with Gasteiger partial charge in [-0.25, -0.2) is 4.98 Å². The molecule has 112 valence electrons. The number of H-pyrrole nitrogens is 1. The van der Waals surface area contributed by atoms with Gasteiger partial charge in [0.05, 0.1) is 0 Å². The Balaban J connectivity index is 1.41. The average molecular weight is 286 g/mol. The molecule has 1 atom stereocenters. The van der Waals surface area contributed by atoms with E-state index in [-0.39, 0.29) is 0 Å². The van der Waals surface area contributed by atoms with Crippen LogP contribution in [0.1, 0.15) is 68.4 Å². The van der Waals surface area contributed by atoms with Crippen LogP contribution < -0.4 is 0 Å². The van der Waals surface area contributed by atoms with Crippen LogP contribution >= 0.6 is 0 Å². The van der Waals surface area contributed by atoms with Gasteiger partial charge in [-0.3, -0.25) is 9.89 Å². The van der Waals surface area contributed by atoms with Crippen molar-refractivity contribution >= 4 is 5.91 Å². The molecule has 0 bridgehead atoms. The van der Waals surface area contributed by atoms with Crippen LogP contribution in [0, 0.1) is 11.3 Å². The van der Waals surface area contributed by atoms with E-state index < -0.39 is 0 Å². The van der Waals surface area contributed by atoms with Crippen molar-refractivity contribution in [3.8, 4) is 0 Å². The molecule has 0 aromatic carbocycles. The summed E-state index contributed by atoms with van der Waals surface area (Å²) in [7, 11) is 0. The minimum atomic E-state index is 0.297. The van der Waals surface area contributed by atoms with E-state index in [1.165, 1.54) is 32.1 Å². The highest BCUT2D eigenvalue weighted by Gasteiger charge is 2.54. The number of nitrogens with zero attached hydrogens (tertiary/aromatic N) is 3. The topological polar surface area (TPSA) is 61.9 Å². The van der Waals surface area contributed by atoms with Gasteiger partial charge in [-0.05, 0) is 43.9 Å². The number of carbonyl (C=O) groups excluding carboxylic acids is 1. The third kappa shape index (κ3) is 1.86. The first-order chi connectivity index (χ1) is 10.3. The minimum absolute atomic E-state index is 0.297. The number of aromatic nitrogens is 3. The summed E-state index contributed by atoms with van der Waals surface area (Å²) in [5, 5.41) is 7.62. The van der Waals surface area contributed by atoms with Crippen molar-refractivity contribution in [2.75, 3.05) is 13.1 Å². The molecule has 1 aromatic heterocycles. The molecule has 0 radical (unpaired) electrons. The third-order valence-corrected chi connectivity index (χ3v) is 6.03. The molecule has 21 heavy (non-hydrogen) atoms. The molecule has 1 unspecified atom stereocenters. The molecule has 4 fully saturated rings. The molecule has 1 saturated heterocycles. The molecule has 5 rings (SSSR count). The molecule has 3 aliphatic carbocycles. The monoisotopic (exact) mass is 286 g/mol. The van der Waals surface area contributed by atoms with Crippen molar-refractivity contribution in [2.24, 2.45) is 11.3 Å². The fourth-order valence-corrected chi connectivity index (χ4v) is 4.21. The number of carbonyl (C=O) groups is 1. The summed E-state index contributed by atoms with van der Waals surface area (Å²) in [6.07, 6.45) is 8.45. The van der Waals surface area contributed by atoms with Crippen LogP contribution in [0.25, 0.3) is 0 Å². The van der Waals surface area contributed by atoms with Gasteiger partial charge in [-0.1, -0.05) is 6.42 Å². The summed E-state index contributed by atoms with van der Waals surface area (Å²) in [4.78, 5) is 19.3.